The predicted molar refractivity (Wildman–Crippen MR) is 106 cm³/mol. The average Bonchev–Trinajstić information content (AvgIpc) is 2.65. The molecular weight excluding hydrogens is 378 g/mol. The van der Waals surface area contributed by atoms with E-state index in [-0.39, 0.29) is 0 Å². The van der Waals surface area contributed by atoms with Crippen LogP contribution in [0.3, 0.4) is 0 Å². The third-order valence-corrected chi connectivity index (χ3v) is 3.88. The summed E-state index contributed by atoms with van der Waals surface area (Å²) in [7, 11) is 0. The van der Waals surface area contributed by atoms with Crippen LogP contribution < -0.4 is 11.2 Å². The molecule has 3 rings (SSSR count). The Morgan fingerprint density at radius 3 is 2.24 bits per heavy atom. The largest absolute Gasteiger partial charge is 0.397 e. The zero-order valence-electron chi connectivity index (χ0n) is 13.3. The number of nitrogens with two attached hydrogens (primary N) is 1. The Kier molecular flexibility index (Phi) is 5.53. The third kappa shape index (κ3) is 4.74. The molecule has 0 aliphatic heterocycles. The lowest BCUT2D eigenvalue weighted by molar-refractivity contribution is 1.22. The lowest BCUT2D eigenvalue weighted by Gasteiger charge is -2.04. The van der Waals surface area contributed by atoms with Gasteiger partial charge in [0, 0.05) is 10.0 Å². The van der Waals surface area contributed by atoms with Crippen LogP contribution in [0.5, 0.6) is 0 Å². The molecule has 0 saturated carbocycles. The van der Waals surface area contributed by atoms with E-state index in [0.29, 0.717) is 17.2 Å². The Morgan fingerprint density at radius 2 is 1.52 bits per heavy atom. The fourth-order valence-corrected chi connectivity index (χ4v) is 2.32. The van der Waals surface area contributed by atoms with Crippen molar-refractivity contribution in [3.63, 3.8) is 0 Å². The van der Waals surface area contributed by atoms with Gasteiger partial charge in [0.25, 0.3) is 0 Å². The van der Waals surface area contributed by atoms with Gasteiger partial charge in [-0.2, -0.15) is 5.10 Å². The van der Waals surface area contributed by atoms with Gasteiger partial charge in [-0.15, -0.1) is 10.2 Å². The first-order valence-electron chi connectivity index (χ1n) is 7.63. The van der Waals surface area contributed by atoms with Gasteiger partial charge < -0.3 is 5.73 Å². The van der Waals surface area contributed by atoms with Crippen molar-refractivity contribution in [2.24, 2.45) is 15.3 Å². The van der Waals surface area contributed by atoms with Crippen molar-refractivity contribution in [3.05, 3.63) is 88.9 Å². The summed E-state index contributed by atoms with van der Waals surface area (Å²) < 4.78 is 1.00. The summed E-state index contributed by atoms with van der Waals surface area (Å²) in [5.74, 6) is 0.465. The van der Waals surface area contributed by atoms with Crippen LogP contribution in [0.25, 0.3) is 0 Å². The standard InChI is InChI=1S/C19H16BrN5/c20-15-10-12-16(13-11-15)22-24-19(14-6-2-1-3-7-14)25-23-18-9-5-4-8-17(18)21/h1-13,22H,21H2. The number of para-hydroxylation sites is 1. The van der Waals surface area contributed by atoms with E-state index >= 15 is 0 Å². The highest BCUT2D eigenvalue weighted by molar-refractivity contribution is 9.10. The van der Waals surface area contributed by atoms with Gasteiger partial charge in [-0.1, -0.05) is 58.4 Å². The lowest BCUT2D eigenvalue weighted by Crippen LogP contribution is -2.01. The maximum Gasteiger partial charge on any atom is 0.201 e. The van der Waals surface area contributed by atoms with Crippen LogP contribution in [0.1, 0.15) is 5.56 Å². The highest BCUT2D eigenvalue weighted by atomic mass is 79.9. The number of anilines is 2. The van der Waals surface area contributed by atoms with Crippen LogP contribution in [-0.4, -0.2) is 5.84 Å². The van der Waals surface area contributed by atoms with E-state index in [1.54, 1.807) is 6.07 Å². The number of hydrazone groups is 1. The average molecular weight is 394 g/mol. The number of nitrogen functional groups attached to an aromatic ring is 1. The Bertz CT molecular complexity index is 889. The Morgan fingerprint density at radius 1 is 0.840 bits per heavy atom. The van der Waals surface area contributed by atoms with E-state index in [1.165, 1.54) is 0 Å². The van der Waals surface area contributed by atoms with Crippen molar-refractivity contribution in [1.82, 2.24) is 0 Å². The molecule has 0 unspecified atom stereocenters. The molecule has 0 fully saturated rings. The minimum atomic E-state index is 0.465. The molecule has 0 aliphatic rings. The van der Waals surface area contributed by atoms with Crippen molar-refractivity contribution in [2.45, 2.75) is 0 Å². The second-order valence-corrected chi connectivity index (χ2v) is 6.09. The van der Waals surface area contributed by atoms with Gasteiger partial charge >= 0.3 is 0 Å². The Labute approximate surface area is 154 Å². The Balaban J connectivity index is 1.89. The van der Waals surface area contributed by atoms with Gasteiger partial charge in [0.15, 0.2) is 0 Å². The minimum Gasteiger partial charge on any atom is -0.397 e. The first-order chi connectivity index (χ1) is 12.2. The normalized spacial score (nSPS) is 11.6. The van der Waals surface area contributed by atoms with Crippen LogP contribution >= 0.6 is 15.9 Å². The number of hydrogen-bond acceptors (Lipinski definition) is 4. The van der Waals surface area contributed by atoms with Crippen LogP contribution in [0.4, 0.5) is 17.1 Å². The predicted octanol–water partition coefficient (Wildman–Crippen LogP) is 5.59. The summed E-state index contributed by atoms with van der Waals surface area (Å²) >= 11 is 3.41. The minimum absolute atomic E-state index is 0.465. The number of halogens is 1. The Hall–Kier alpha value is -2.99. The summed E-state index contributed by atoms with van der Waals surface area (Å²) in [6, 6.07) is 24.7. The number of nitrogens with one attached hydrogen (secondary N) is 1. The molecule has 5 nitrogen and oxygen atoms in total. The molecule has 0 spiro atoms. The molecular formula is C19H16BrN5. The molecule has 0 saturated heterocycles. The summed E-state index contributed by atoms with van der Waals surface area (Å²) in [4.78, 5) is 0. The maximum absolute atomic E-state index is 5.91. The van der Waals surface area contributed by atoms with Gasteiger partial charge in [0.2, 0.25) is 5.84 Å². The van der Waals surface area contributed by atoms with Crippen LogP contribution in [0.15, 0.2) is 98.7 Å². The van der Waals surface area contributed by atoms with E-state index < -0.39 is 0 Å². The summed E-state index contributed by atoms with van der Waals surface area (Å²) in [6.45, 7) is 0. The SMILES string of the molecule is Nc1ccccc1N=NC(=NNc1ccc(Br)cc1)c1ccccc1. The number of rotatable bonds is 4. The van der Waals surface area contributed by atoms with E-state index in [9.17, 15) is 0 Å². The highest BCUT2D eigenvalue weighted by Crippen LogP contribution is 2.21. The zero-order valence-corrected chi connectivity index (χ0v) is 14.9. The van der Waals surface area contributed by atoms with E-state index in [0.717, 1.165) is 15.7 Å². The third-order valence-electron chi connectivity index (χ3n) is 3.36. The highest BCUT2D eigenvalue weighted by Gasteiger charge is 2.03. The molecule has 3 aromatic rings. The molecule has 0 radical (unpaired) electrons. The smallest absolute Gasteiger partial charge is 0.201 e. The van der Waals surface area contributed by atoms with Crippen LogP contribution in [0.2, 0.25) is 0 Å². The van der Waals surface area contributed by atoms with Crippen LogP contribution in [0, 0.1) is 0 Å². The first-order valence-corrected chi connectivity index (χ1v) is 8.42. The van der Waals surface area contributed by atoms with Gasteiger partial charge in [0.1, 0.15) is 5.69 Å². The molecule has 0 bridgehead atoms. The molecule has 0 atom stereocenters. The lowest BCUT2D eigenvalue weighted by atomic mass is 10.2. The molecule has 0 aliphatic carbocycles. The monoisotopic (exact) mass is 393 g/mol. The molecule has 0 aromatic heterocycles. The summed E-state index contributed by atoms with van der Waals surface area (Å²) in [5.41, 5.74) is 11.8. The van der Waals surface area contributed by atoms with Crippen molar-refractivity contribution < 1.29 is 0 Å². The zero-order chi connectivity index (χ0) is 17.5. The van der Waals surface area contributed by atoms with Crippen molar-refractivity contribution in [3.8, 4) is 0 Å². The quantitative estimate of drug-likeness (QED) is 0.199. The molecule has 124 valence electrons. The topological polar surface area (TPSA) is 75.1 Å². The maximum atomic E-state index is 5.91. The second kappa shape index (κ2) is 8.21. The van der Waals surface area contributed by atoms with E-state index in [2.05, 4.69) is 36.7 Å². The number of nitrogens with zero attached hydrogens (tertiary/aromatic N) is 3. The van der Waals surface area contributed by atoms with Crippen molar-refractivity contribution in [2.75, 3.05) is 11.2 Å². The van der Waals surface area contributed by atoms with E-state index in [1.807, 2.05) is 72.8 Å². The molecule has 0 amide bonds. The second-order valence-electron chi connectivity index (χ2n) is 5.18. The fraction of sp³-hybridized carbons (Fsp3) is 0. The summed E-state index contributed by atoms with van der Waals surface area (Å²) in [5, 5.41) is 12.9. The van der Waals surface area contributed by atoms with E-state index in [4.69, 9.17) is 5.73 Å². The van der Waals surface area contributed by atoms with Gasteiger partial charge in [-0.05, 0) is 36.4 Å². The molecule has 0 heterocycles. The van der Waals surface area contributed by atoms with Crippen molar-refractivity contribution >= 4 is 38.8 Å². The van der Waals surface area contributed by atoms with Gasteiger partial charge in [-0.25, -0.2) is 0 Å². The number of azo groups is 1. The number of benzene rings is 3. The first kappa shape index (κ1) is 16.9. The molecule has 3 N–H and O–H groups in total. The van der Waals surface area contributed by atoms with Crippen LogP contribution in [-0.2, 0) is 0 Å². The fourth-order valence-electron chi connectivity index (χ4n) is 2.05. The number of hydrogen-bond donors (Lipinski definition) is 2. The molecule has 3 aromatic carbocycles. The van der Waals surface area contributed by atoms with Gasteiger partial charge in [-0.3, -0.25) is 5.43 Å². The number of amidine groups is 1. The molecule has 6 heteroatoms. The van der Waals surface area contributed by atoms with Crippen molar-refractivity contribution in [1.29, 1.82) is 0 Å². The summed E-state index contributed by atoms with van der Waals surface area (Å²) in [6.07, 6.45) is 0. The molecule has 25 heavy (non-hydrogen) atoms. The van der Waals surface area contributed by atoms with Gasteiger partial charge in [0.05, 0.1) is 11.4 Å².